The van der Waals surface area contributed by atoms with Crippen molar-refractivity contribution in [2.75, 3.05) is 31.0 Å². The van der Waals surface area contributed by atoms with E-state index in [-0.39, 0.29) is 12.5 Å². The smallest absolute Gasteiger partial charge is 0.407 e. The van der Waals surface area contributed by atoms with Crippen LogP contribution in [0.4, 0.5) is 21.0 Å². The quantitative estimate of drug-likeness (QED) is 0.417. The van der Waals surface area contributed by atoms with E-state index in [9.17, 15) is 9.59 Å². The zero-order chi connectivity index (χ0) is 25.9. The number of ether oxygens (including phenoxy) is 3. The van der Waals surface area contributed by atoms with E-state index in [1.807, 2.05) is 44.2 Å². The maximum absolute atomic E-state index is 12.6. The van der Waals surface area contributed by atoms with Crippen molar-refractivity contribution in [3.63, 3.8) is 0 Å². The molecule has 0 aromatic heterocycles. The van der Waals surface area contributed by atoms with Crippen LogP contribution in [0.3, 0.4) is 0 Å². The van der Waals surface area contributed by atoms with Gasteiger partial charge in [-0.05, 0) is 55.2 Å². The van der Waals surface area contributed by atoms with Gasteiger partial charge in [-0.2, -0.15) is 5.26 Å². The molecule has 0 bridgehead atoms. The number of amides is 3. The molecule has 0 saturated heterocycles. The highest BCUT2D eigenvalue weighted by molar-refractivity contribution is 6.00. The van der Waals surface area contributed by atoms with Gasteiger partial charge in [-0.3, -0.25) is 0 Å². The van der Waals surface area contributed by atoms with Crippen LogP contribution in [-0.4, -0.2) is 38.6 Å². The molecule has 9 nitrogen and oxygen atoms in total. The number of benzene rings is 2. The molecular formula is C27H32N4O5. The van der Waals surface area contributed by atoms with Crippen molar-refractivity contribution in [1.29, 1.82) is 5.26 Å². The first kappa shape index (κ1) is 26.6. The number of alkyl carbamates (subject to hydrolysis) is 1. The maximum atomic E-state index is 12.6. The topological polar surface area (TPSA) is 122 Å². The number of methoxy groups -OCH3 is 1. The van der Waals surface area contributed by atoms with Crippen LogP contribution in [0.15, 0.2) is 48.5 Å². The normalized spacial score (nSPS) is 14.4. The highest BCUT2D eigenvalue weighted by atomic mass is 16.6. The van der Waals surface area contributed by atoms with Crippen molar-refractivity contribution in [3.05, 3.63) is 59.7 Å². The van der Waals surface area contributed by atoms with Gasteiger partial charge >= 0.3 is 12.1 Å². The standard InChI is InChI=1S/C27H32N4O5/c1-4-23(10-13-28)36-27(33)29-18(2)20-6-5-7-21(16-20)30-26(32)31-22-8-9-24(25(17-22)34-3)19-11-14-35-15-12-19/h5-9,11,16-18,23H,4,10,12,14-15H2,1-3H3,(H,29,33)(H2,30,31,32)/t18-,23?/m0/s1. The summed E-state index contributed by atoms with van der Waals surface area (Å²) in [5, 5.41) is 17.2. The Balaban J connectivity index is 1.60. The van der Waals surface area contributed by atoms with Crippen LogP contribution >= 0.6 is 0 Å². The van der Waals surface area contributed by atoms with Gasteiger partial charge in [0, 0.05) is 23.0 Å². The molecule has 3 N–H and O–H groups in total. The van der Waals surface area contributed by atoms with Gasteiger partial charge in [0.25, 0.3) is 0 Å². The Labute approximate surface area is 211 Å². The number of carbonyl (C=O) groups excluding carboxylic acids is 2. The largest absolute Gasteiger partial charge is 0.496 e. The van der Waals surface area contributed by atoms with E-state index >= 15 is 0 Å². The van der Waals surface area contributed by atoms with E-state index in [4.69, 9.17) is 19.5 Å². The van der Waals surface area contributed by atoms with Crippen molar-refractivity contribution in [2.24, 2.45) is 0 Å². The first-order valence-electron chi connectivity index (χ1n) is 11.9. The molecule has 0 aliphatic carbocycles. The number of nitrogens with one attached hydrogen (secondary N) is 3. The molecule has 0 saturated carbocycles. The molecule has 190 valence electrons. The summed E-state index contributed by atoms with van der Waals surface area (Å²) < 4.78 is 16.2. The van der Waals surface area contributed by atoms with Crippen molar-refractivity contribution in [3.8, 4) is 11.8 Å². The van der Waals surface area contributed by atoms with Gasteiger partial charge in [0.15, 0.2) is 0 Å². The minimum atomic E-state index is -0.588. The number of urea groups is 1. The summed E-state index contributed by atoms with van der Waals surface area (Å²) in [5.74, 6) is 0.676. The first-order valence-corrected chi connectivity index (χ1v) is 11.9. The molecule has 36 heavy (non-hydrogen) atoms. The van der Waals surface area contributed by atoms with Gasteiger partial charge in [0.05, 0.1) is 38.9 Å². The average molecular weight is 493 g/mol. The van der Waals surface area contributed by atoms with Gasteiger partial charge < -0.3 is 30.2 Å². The lowest BCUT2D eigenvalue weighted by atomic mass is 10.00. The summed E-state index contributed by atoms with van der Waals surface area (Å²) in [5.41, 5.74) is 4.09. The molecule has 0 radical (unpaired) electrons. The zero-order valence-corrected chi connectivity index (χ0v) is 20.8. The van der Waals surface area contributed by atoms with Crippen LogP contribution in [-0.2, 0) is 9.47 Å². The SMILES string of the molecule is CCC(CC#N)OC(=O)N[C@@H](C)c1cccc(NC(=O)Nc2ccc(C3=CCOCC3)c(OC)c2)c1. The fourth-order valence-electron chi connectivity index (χ4n) is 3.80. The molecule has 3 rings (SSSR count). The molecule has 1 aliphatic rings. The van der Waals surface area contributed by atoms with Gasteiger partial charge in [0.1, 0.15) is 11.9 Å². The van der Waals surface area contributed by atoms with Crippen LogP contribution in [0.2, 0.25) is 0 Å². The summed E-state index contributed by atoms with van der Waals surface area (Å²) >= 11 is 0. The summed E-state index contributed by atoms with van der Waals surface area (Å²) in [6.07, 6.45) is 2.52. The maximum Gasteiger partial charge on any atom is 0.407 e. The van der Waals surface area contributed by atoms with Crippen molar-refractivity contribution in [2.45, 2.75) is 45.3 Å². The predicted molar refractivity (Wildman–Crippen MR) is 138 cm³/mol. The van der Waals surface area contributed by atoms with E-state index < -0.39 is 18.2 Å². The third-order valence-electron chi connectivity index (χ3n) is 5.80. The lowest BCUT2D eigenvalue weighted by Gasteiger charge is -2.19. The molecule has 2 aromatic carbocycles. The molecule has 1 aliphatic heterocycles. The Morgan fingerprint density at radius 3 is 2.61 bits per heavy atom. The predicted octanol–water partition coefficient (Wildman–Crippen LogP) is 5.62. The summed E-state index contributed by atoms with van der Waals surface area (Å²) in [6.45, 7) is 4.92. The molecular weight excluding hydrogens is 460 g/mol. The summed E-state index contributed by atoms with van der Waals surface area (Å²) in [7, 11) is 1.60. The van der Waals surface area contributed by atoms with E-state index in [0.29, 0.717) is 36.8 Å². The molecule has 3 amide bonds. The van der Waals surface area contributed by atoms with E-state index in [0.717, 1.165) is 23.1 Å². The van der Waals surface area contributed by atoms with Crippen molar-refractivity contribution in [1.82, 2.24) is 5.32 Å². The van der Waals surface area contributed by atoms with Crippen molar-refractivity contribution < 1.29 is 23.8 Å². The fourth-order valence-corrected chi connectivity index (χ4v) is 3.80. The molecule has 0 fully saturated rings. The third-order valence-corrected chi connectivity index (χ3v) is 5.80. The van der Waals surface area contributed by atoms with E-state index in [1.165, 1.54) is 0 Å². The molecule has 1 heterocycles. The Morgan fingerprint density at radius 1 is 1.17 bits per heavy atom. The lowest BCUT2D eigenvalue weighted by molar-refractivity contribution is 0.0950. The number of nitrogens with zero attached hydrogens (tertiary/aromatic N) is 1. The van der Waals surface area contributed by atoms with Crippen LogP contribution in [0.5, 0.6) is 5.75 Å². The Bertz CT molecular complexity index is 1140. The van der Waals surface area contributed by atoms with E-state index in [2.05, 4.69) is 16.0 Å². The molecule has 1 unspecified atom stereocenters. The second-order valence-corrected chi connectivity index (χ2v) is 8.34. The number of nitriles is 1. The van der Waals surface area contributed by atoms with Crippen molar-refractivity contribution >= 4 is 29.1 Å². The highest BCUT2D eigenvalue weighted by Crippen LogP contribution is 2.32. The summed E-state index contributed by atoms with van der Waals surface area (Å²) in [4.78, 5) is 24.8. The van der Waals surface area contributed by atoms with Crippen LogP contribution < -0.4 is 20.7 Å². The van der Waals surface area contributed by atoms with E-state index in [1.54, 1.807) is 31.4 Å². The lowest BCUT2D eigenvalue weighted by Crippen LogP contribution is -2.31. The Kier molecular flexibility index (Phi) is 9.72. The Hall–Kier alpha value is -4.03. The summed E-state index contributed by atoms with van der Waals surface area (Å²) in [6, 6.07) is 14.0. The number of hydrogen-bond donors (Lipinski definition) is 3. The van der Waals surface area contributed by atoms with Gasteiger partial charge in [-0.15, -0.1) is 0 Å². The number of rotatable bonds is 9. The fraction of sp³-hybridized carbons (Fsp3) is 0.370. The third kappa shape index (κ3) is 7.48. The number of carbonyl (C=O) groups is 2. The molecule has 0 spiro atoms. The van der Waals surface area contributed by atoms with Crippen LogP contribution in [0.25, 0.3) is 5.57 Å². The second kappa shape index (κ2) is 13.2. The monoisotopic (exact) mass is 492 g/mol. The second-order valence-electron chi connectivity index (χ2n) is 8.34. The number of anilines is 2. The molecule has 2 atom stereocenters. The number of hydrogen-bond acceptors (Lipinski definition) is 6. The molecule has 2 aromatic rings. The van der Waals surface area contributed by atoms with Crippen LogP contribution in [0.1, 0.15) is 50.3 Å². The highest BCUT2D eigenvalue weighted by Gasteiger charge is 2.16. The van der Waals surface area contributed by atoms with Gasteiger partial charge in [-0.25, -0.2) is 9.59 Å². The van der Waals surface area contributed by atoms with Crippen LogP contribution in [0, 0.1) is 11.3 Å². The van der Waals surface area contributed by atoms with Gasteiger partial charge in [0.2, 0.25) is 0 Å². The Morgan fingerprint density at radius 2 is 1.94 bits per heavy atom. The van der Waals surface area contributed by atoms with Gasteiger partial charge in [-0.1, -0.05) is 25.1 Å². The minimum absolute atomic E-state index is 0.147. The zero-order valence-electron chi connectivity index (χ0n) is 20.8. The molecule has 9 heteroatoms. The average Bonchev–Trinajstić information content (AvgIpc) is 2.88. The first-order chi connectivity index (χ1) is 17.4. The minimum Gasteiger partial charge on any atom is -0.496 e.